The van der Waals surface area contributed by atoms with Crippen molar-refractivity contribution in [3.05, 3.63) is 35.4 Å². The van der Waals surface area contributed by atoms with E-state index in [1.165, 1.54) is 0 Å². The van der Waals surface area contributed by atoms with Gasteiger partial charge >= 0.3 is 21.5 Å². The Hall–Kier alpha value is -1.22. The minimum atomic E-state index is -5.59. The fraction of sp³-hybridized carbons (Fsp3) is 0.333. The second kappa shape index (κ2) is 4.47. The average Bonchev–Trinajstić information content (AvgIpc) is 2.14. The third kappa shape index (κ3) is 3.39. The summed E-state index contributed by atoms with van der Waals surface area (Å²) in [6, 6.07) is 2.55. The van der Waals surface area contributed by atoms with Gasteiger partial charge in [-0.3, -0.25) is 4.55 Å². The van der Waals surface area contributed by atoms with Crippen LogP contribution in [0.4, 0.5) is 22.0 Å². The molecule has 0 aliphatic rings. The van der Waals surface area contributed by atoms with Crippen molar-refractivity contribution >= 4 is 10.1 Å². The molecule has 0 bridgehead atoms. The molecule has 0 atom stereocenters. The Bertz CT molecular complexity index is 518. The Morgan fingerprint density at radius 2 is 1.44 bits per heavy atom. The molecule has 0 radical (unpaired) electrons. The fourth-order valence-corrected chi connectivity index (χ4v) is 1.49. The van der Waals surface area contributed by atoms with Crippen molar-refractivity contribution in [2.24, 2.45) is 0 Å². The quantitative estimate of drug-likeness (QED) is 0.688. The van der Waals surface area contributed by atoms with E-state index in [-0.39, 0.29) is 5.56 Å². The number of halogens is 5. The zero-order valence-corrected chi connectivity index (χ0v) is 9.39. The Balaban J connectivity index is 2.95. The molecule has 0 aliphatic heterocycles. The van der Waals surface area contributed by atoms with Crippen LogP contribution in [0.2, 0.25) is 0 Å². The molecule has 0 saturated heterocycles. The van der Waals surface area contributed by atoms with Crippen molar-refractivity contribution in [2.45, 2.75) is 17.9 Å². The summed E-state index contributed by atoms with van der Waals surface area (Å²) in [7, 11) is -5.59. The Kier molecular flexibility index (Phi) is 3.68. The van der Waals surface area contributed by atoms with Gasteiger partial charge in [-0.2, -0.15) is 30.4 Å². The van der Waals surface area contributed by atoms with Crippen molar-refractivity contribution in [1.29, 1.82) is 0 Å². The van der Waals surface area contributed by atoms with E-state index in [4.69, 9.17) is 4.55 Å². The van der Waals surface area contributed by atoms with Crippen LogP contribution in [0.3, 0.4) is 0 Å². The number of alkyl halides is 5. The van der Waals surface area contributed by atoms with Gasteiger partial charge in [0.05, 0.1) is 12.0 Å². The third-order valence-corrected chi connectivity index (χ3v) is 2.97. The van der Waals surface area contributed by atoms with E-state index < -0.39 is 33.5 Å². The van der Waals surface area contributed by atoms with Crippen LogP contribution in [-0.4, -0.2) is 18.2 Å². The van der Waals surface area contributed by atoms with Gasteiger partial charge in [0.2, 0.25) is 0 Å². The maximum absolute atomic E-state index is 12.9. The Morgan fingerprint density at radius 1 is 1.00 bits per heavy atom. The summed E-state index contributed by atoms with van der Waals surface area (Å²) in [6.45, 7) is 0. The molecule has 1 rings (SSSR count). The van der Waals surface area contributed by atoms with Gasteiger partial charge < -0.3 is 0 Å². The molecule has 102 valence electrons. The minimum Gasteiger partial charge on any atom is -0.281 e. The van der Waals surface area contributed by atoms with Crippen LogP contribution in [-0.2, 0) is 22.7 Å². The number of hydrogen-bond acceptors (Lipinski definition) is 2. The van der Waals surface area contributed by atoms with Crippen molar-refractivity contribution in [1.82, 2.24) is 0 Å². The SMILES string of the molecule is O=S(=O)(O)C(F)(F)Cc1ccc(C(F)(F)F)cc1. The lowest BCUT2D eigenvalue weighted by Gasteiger charge is -2.13. The highest BCUT2D eigenvalue weighted by atomic mass is 32.2. The van der Waals surface area contributed by atoms with Crippen LogP contribution in [0.25, 0.3) is 0 Å². The Morgan fingerprint density at radius 3 is 1.78 bits per heavy atom. The molecule has 0 fully saturated rings. The molecule has 3 nitrogen and oxygen atoms in total. The number of rotatable bonds is 3. The topological polar surface area (TPSA) is 54.4 Å². The van der Waals surface area contributed by atoms with E-state index >= 15 is 0 Å². The maximum atomic E-state index is 12.9. The Labute approximate surface area is 99.0 Å². The zero-order chi connectivity index (χ0) is 14.2. The molecular formula is C9H7F5O3S. The molecule has 9 heteroatoms. The summed E-state index contributed by atoms with van der Waals surface area (Å²) in [4.78, 5) is 0. The highest BCUT2D eigenvalue weighted by molar-refractivity contribution is 7.86. The van der Waals surface area contributed by atoms with Crippen LogP contribution in [0.15, 0.2) is 24.3 Å². The van der Waals surface area contributed by atoms with Crippen LogP contribution >= 0.6 is 0 Å². The first-order valence-electron chi connectivity index (χ1n) is 4.44. The minimum absolute atomic E-state index is 0.342. The van der Waals surface area contributed by atoms with Crippen LogP contribution in [0.1, 0.15) is 11.1 Å². The molecule has 0 amide bonds. The first kappa shape index (κ1) is 14.8. The highest BCUT2D eigenvalue weighted by Gasteiger charge is 2.44. The summed E-state index contributed by atoms with van der Waals surface area (Å²) in [5.41, 5.74) is -1.38. The van der Waals surface area contributed by atoms with Crippen molar-refractivity contribution in [3.63, 3.8) is 0 Å². The molecule has 0 aliphatic carbocycles. The normalized spacial score (nSPS) is 13.7. The predicted molar refractivity (Wildman–Crippen MR) is 51.6 cm³/mol. The van der Waals surface area contributed by atoms with Crippen LogP contribution in [0.5, 0.6) is 0 Å². The molecular weight excluding hydrogens is 283 g/mol. The molecule has 1 aromatic rings. The van der Waals surface area contributed by atoms with Gasteiger partial charge in [0.15, 0.2) is 0 Å². The van der Waals surface area contributed by atoms with Gasteiger partial charge in [-0.25, -0.2) is 0 Å². The molecule has 18 heavy (non-hydrogen) atoms. The first-order valence-corrected chi connectivity index (χ1v) is 5.88. The van der Waals surface area contributed by atoms with Crippen molar-refractivity contribution in [2.75, 3.05) is 0 Å². The number of benzene rings is 1. The van der Waals surface area contributed by atoms with Crippen LogP contribution in [0, 0.1) is 0 Å². The summed E-state index contributed by atoms with van der Waals surface area (Å²) in [5.74, 6) is 0. The lowest BCUT2D eigenvalue weighted by molar-refractivity contribution is -0.137. The maximum Gasteiger partial charge on any atom is 0.416 e. The highest BCUT2D eigenvalue weighted by Crippen LogP contribution is 2.31. The first-order chi connectivity index (χ1) is 7.93. The zero-order valence-electron chi connectivity index (χ0n) is 8.58. The standard InChI is InChI=1S/C9H7F5O3S/c10-8(11,18(15,16)17)5-6-1-3-7(4-2-6)9(12,13)14/h1-4H,5H2,(H,15,16,17). The largest absolute Gasteiger partial charge is 0.416 e. The molecule has 0 spiro atoms. The van der Waals surface area contributed by atoms with Crippen molar-refractivity contribution in [3.8, 4) is 0 Å². The van der Waals surface area contributed by atoms with E-state index in [0.29, 0.717) is 12.1 Å². The van der Waals surface area contributed by atoms with Gasteiger partial charge in [-0.15, -0.1) is 0 Å². The summed E-state index contributed by atoms with van der Waals surface area (Å²) in [5, 5.41) is -4.44. The average molecular weight is 290 g/mol. The van der Waals surface area contributed by atoms with E-state index in [2.05, 4.69) is 0 Å². The van der Waals surface area contributed by atoms with Gasteiger partial charge in [0.1, 0.15) is 0 Å². The van der Waals surface area contributed by atoms with Gasteiger partial charge in [0.25, 0.3) is 0 Å². The van der Waals surface area contributed by atoms with E-state index in [9.17, 15) is 30.4 Å². The van der Waals surface area contributed by atoms with E-state index in [1.807, 2.05) is 0 Å². The van der Waals surface area contributed by atoms with E-state index in [0.717, 1.165) is 12.1 Å². The summed E-state index contributed by atoms with van der Waals surface area (Å²) in [6.07, 6.45) is -6.01. The van der Waals surface area contributed by atoms with Crippen LogP contribution < -0.4 is 0 Å². The second-order valence-electron chi connectivity index (χ2n) is 3.48. The predicted octanol–water partition coefficient (Wildman–Crippen LogP) is 2.73. The lowest BCUT2D eigenvalue weighted by atomic mass is 10.1. The fourth-order valence-electron chi connectivity index (χ4n) is 1.14. The molecule has 0 heterocycles. The summed E-state index contributed by atoms with van der Waals surface area (Å²) < 4.78 is 91.1. The number of hydrogen-bond donors (Lipinski definition) is 1. The summed E-state index contributed by atoms with van der Waals surface area (Å²) >= 11 is 0. The van der Waals surface area contributed by atoms with Gasteiger partial charge in [-0.1, -0.05) is 12.1 Å². The molecule has 0 aromatic heterocycles. The third-order valence-electron chi connectivity index (χ3n) is 2.07. The molecule has 0 saturated carbocycles. The van der Waals surface area contributed by atoms with Gasteiger partial charge in [-0.05, 0) is 17.7 Å². The monoisotopic (exact) mass is 290 g/mol. The molecule has 1 aromatic carbocycles. The lowest BCUT2D eigenvalue weighted by Crippen LogP contribution is -2.30. The smallest absolute Gasteiger partial charge is 0.281 e. The van der Waals surface area contributed by atoms with E-state index in [1.54, 1.807) is 0 Å². The molecule has 0 unspecified atom stereocenters. The van der Waals surface area contributed by atoms with Gasteiger partial charge in [0, 0.05) is 0 Å². The second-order valence-corrected chi connectivity index (χ2v) is 5.03. The van der Waals surface area contributed by atoms with Crippen molar-refractivity contribution < 1.29 is 34.9 Å². The molecule has 1 N–H and O–H groups in total.